The summed E-state index contributed by atoms with van der Waals surface area (Å²) in [7, 11) is 0. The number of amides is 1. The molecule has 2 aromatic rings. The summed E-state index contributed by atoms with van der Waals surface area (Å²) in [4.78, 5) is 30.1. The smallest absolute Gasteiger partial charge is 0.340 e. The summed E-state index contributed by atoms with van der Waals surface area (Å²) >= 11 is 0. The molecule has 1 fully saturated rings. The topological polar surface area (TPSA) is 83.7 Å². The number of esters is 1. The number of aromatic nitrogens is 1. The summed E-state index contributed by atoms with van der Waals surface area (Å²) in [5, 5.41) is 2.93. The van der Waals surface area contributed by atoms with E-state index in [0.29, 0.717) is 42.3 Å². The van der Waals surface area contributed by atoms with Crippen LogP contribution in [0.25, 0.3) is 0 Å². The van der Waals surface area contributed by atoms with Crippen LogP contribution in [0.4, 0.5) is 0 Å². The van der Waals surface area contributed by atoms with Crippen molar-refractivity contribution in [1.29, 1.82) is 0 Å². The maximum absolute atomic E-state index is 12.7. The lowest BCUT2D eigenvalue weighted by molar-refractivity contribution is -0.0292. The van der Waals surface area contributed by atoms with Gasteiger partial charge in [0.25, 0.3) is 5.91 Å². The Balaban J connectivity index is 1.56. The van der Waals surface area contributed by atoms with E-state index in [2.05, 4.69) is 27.3 Å². The Kier molecular flexibility index (Phi) is 7.06. The molecule has 1 aromatic heterocycles. The van der Waals surface area contributed by atoms with Crippen LogP contribution in [0.2, 0.25) is 0 Å². The number of H-pyrrole nitrogens is 1. The molecule has 1 aliphatic heterocycles. The third-order valence-electron chi connectivity index (χ3n) is 5.11. The van der Waals surface area contributed by atoms with E-state index in [0.717, 1.165) is 19.6 Å². The number of benzene rings is 1. The van der Waals surface area contributed by atoms with E-state index >= 15 is 0 Å². The molecule has 0 aliphatic carbocycles. The average molecular weight is 399 g/mol. The lowest BCUT2D eigenvalue weighted by Gasteiger charge is -2.33. The fourth-order valence-electron chi connectivity index (χ4n) is 3.67. The zero-order valence-corrected chi connectivity index (χ0v) is 17.3. The maximum atomic E-state index is 12.7. The van der Waals surface area contributed by atoms with Crippen molar-refractivity contribution in [3.05, 3.63) is 58.4 Å². The molecule has 2 N–H and O–H groups in total. The van der Waals surface area contributed by atoms with Crippen molar-refractivity contribution in [2.24, 2.45) is 0 Å². The van der Waals surface area contributed by atoms with Gasteiger partial charge in [0.1, 0.15) is 5.69 Å². The minimum Gasteiger partial charge on any atom is -0.462 e. The normalized spacial score (nSPS) is 17.1. The number of carbonyl (C=O) groups excluding carboxylic acids is 2. The average Bonchev–Trinajstić information content (AvgIpc) is 3.01. The molecule has 0 saturated carbocycles. The van der Waals surface area contributed by atoms with Gasteiger partial charge in [-0.15, -0.1) is 0 Å². The van der Waals surface area contributed by atoms with Crippen molar-refractivity contribution in [1.82, 2.24) is 15.2 Å². The van der Waals surface area contributed by atoms with E-state index in [1.165, 1.54) is 5.56 Å². The summed E-state index contributed by atoms with van der Waals surface area (Å²) in [6, 6.07) is 10.3. The number of carbonyl (C=O) groups is 2. The van der Waals surface area contributed by atoms with E-state index in [9.17, 15) is 9.59 Å². The second-order valence-electron chi connectivity index (χ2n) is 7.27. The highest BCUT2D eigenvalue weighted by Crippen LogP contribution is 2.19. The molecular weight excluding hydrogens is 370 g/mol. The zero-order valence-electron chi connectivity index (χ0n) is 17.3. The summed E-state index contributed by atoms with van der Waals surface area (Å²) in [6.07, 6.45) is -0.0719. The second-order valence-corrected chi connectivity index (χ2v) is 7.27. The van der Waals surface area contributed by atoms with Crippen molar-refractivity contribution in [2.75, 3.05) is 32.8 Å². The summed E-state index contributed by atoms with van der Waals surface area (Å²) in [5.74, 6) is -0.658. The molecule has 7 nitrogen and oxygen atoms in total. The Morgan fingerprint density at radius 1 is 1.28 bits per heavy atom. The Morgan fingerprint density at radius 3 is 2.76 bits per heavy atom. The summed E-state index contributed by atoms with van der Waals surface area (Å²) in [5.41, 5.74) is 3.33. The van der Waals surface area contributed by atoms with Gasteiger partial charge in [0.05, 0.1) is 24.9 Å². The van der Waals surface area contributed by atoms with E-state index in [-0.39, 0.29) is 12.0 Å². The molecule has 1 aromatic carbocycles. The Labute approximate surface area is 171 Å². The van der Waals surface area contributed by atoms with E-state index in [1.807, 2.05) is 18.2 Å². The van der Waals surface area contributed by atoms with Crippen LogP contribution >= 0.6 is 0 Å². The molecule has 1 atom stereocenters. The van der Waals surface area contributed by atoms with Gasteiger partial charge >= 0.3 is 5.97 Å². The molecule has 1 aliphatic rings. The van der Waals surface area contributed by atoms with Crippen molar-refractivity contribution in [3.63, 3.8) is 0 Å². The first-order valence-corrected chi connectivity index (χ1v) is 10.0. The number of rotatable bonds is 7. The van der Waals surface area contributed by atoms with Crippen LogP contribution in [-0.2, 0) is 16.0 Å². The molecule has 3 rings (SSSR count). The van der Waals surface area contributed by atoms with Gasteiger partial charge in [0, 0.05) is 31.9 Å². The van der Waals surface area contributed by atoms with E-state index in [4.69, 9.17) is 9.47 Å². The monoisotopic (exact) mass is 399 g/mol. The van der Waals surface area contributed by atoms with Gasteiger partial charge in [0.15, 0.2) is 0 Å². The number of aromatic amines is 1. The Hall–Kier alpha value is -2.64. The van der Waals surface area contributed by atoms with Crippen molar-refractivity contribution >= 4 is 11.9 Å². The molecule has 0 spiro atoms. The lowest BCUT2D eigenvalue weighted by atomic mass is 10.1. The van der Waals surface area contributed by atoms with Crippen molar-refractivity contribution < 1.29 is 19.1 Å². The first-order chi connectivity index (χ1) is 14.0. The zero-order chi connectivity index (χ0) is 20.8. The number of morpholine rings is 1. The predicted octanol–water partition coefficient (Wildman–Crippen LogP) is 2.44. The molecule has 1 saturated heterocycles. The summed E-state index contributed by atoms with van der Waals surface area (Å²) < 4.78 is 10.9. The predicted molar refractivity (Wildman–Crippen MR) is 110 cm³/mol. The highest BCUT2D eigenvalue weighted by molar-refractivity contribution is 6.00. The molecule has 1 amide bonds. The number of hydrogen-bond donors (Lipinski definition) is 2. The van der Waals surface area contributed by atoms with Crippen LogP contribution < -0.4 is 5.32 Å². The molecular formula is C22H29N3O4. The fraction of sp³-hybridized carbons (Fsp3) is 0.455. The van der Waals surface area contributed by atoms with Gasteiger partial charge in [-0.1, -0.05) is 30.3 Å². The van der Waals surface area contributed by atoms with Gasteiger partial charge in [-0.2, -0.15) is 0 Å². The third-order valence-corrected chi connectivity index (χ3v) is 5.11. The van der Waals surface area contributed by atoms with Gasteiger partial charge in [-0.3, -0.25) is 9.69 Å². The summed E-state index contributed by atoms with van der Waals surface area (Å²) in [6.45, 7) is 9.12. The largest absolute Gasteiger partial charge is 0.462 e. The lowest BCUT2D eigenvalue weighted by Crippen LogP contribution is -2.47. The van der Waals surface area contributed by atoms with Gasteiger partial charge in [-0.25, -0.2) is 4.79 Å². The van der Waals surface area contributed by atoms with Crippen LogP contribution in [0.1, 0.15) is 44.6 Å². The van der Waals surface area contributed by atoms with E-state index in [1.54, 1.807) is 20.8 Å². The molecule has 1 unspecified atom stereocenters. The maximum Gasteiger partial charge on any atom is 0.340 e. The van der Waals surface area contributed by atoms with Gasteiger partial charge in [-0.05, 0) is 31.9 Å². The van der Waals surface area contributed by atoms with E-state index < -0.39 is 5.97 Å². The first kappa shape index (κ1) is 21.1. The highest BCUT2D eigenvalue weighted by atomic mass is 16.5. The van der Waals surface area contributed by atoms with Crippen molar-refractivity contribution in [3.8, 4) is 0 Å². The van der Waals surface area contributed by atoms with Crippen LogP contribution in [0, 0.1) is 13.8 Å². The molecule has 29 heavy (non-hydrogen) atoms. The number of hydrogen-bond acceptors (Lipinski definition) is 5. The standard InChI is InChI=1S/C22H29N3O4/c1-4-28-22(27)19-15(2)20(24-16(19)3)21(26)23-12-18-14-25(10-11-29-18)13-17-8-6-5-7-9-17/h5-9,18,24H,4,10-14H2,1-3H3,(H,23,26). The van der Waals surface area contributed by atoms with Crippen LogP contribution in [0.3, 0.4) is 0 Å². The highest BCUT2D eigenvalue weighted by Gasteiger charge is 2.25. The van der Waals surface area contributed by atoms with Gasteiger partial charge < -0.3 is 19.8 Å². The Morgan fingerprint density at radius 2 is 2.03 bits per heavy atom. The quantitative estimate of drug-likeness (QED) is 0.699. The first-order valence-electron chi connectivity index (χ1n) is 10.0. The van der Waals surface area contributed by atoms with Crippen LogP contribution in [0.15, 0.2) is 30.3 Å². The number of nitrogens with one attached hydrogen (secondary N) is 2. The number of ether oxygens (including phenoxy) is 2. The van der Waals surface area contributed by atoms with Gasteiger partial charge in [0.2, 0.25) is 0 Å². The molecule has 0 radical (unpaired) electrons. The number of aryl methyl sites for hydroxylation is 1. The Bertz CT molecular complexity index is 847. The van der Waals surface area contributed by atoms with Crippen molar-refractivity contribution in [2.45, 2.75) is 33.4 Å². The minimum absolute atomic E-state index is 0.0719. The number of nitrogens with zero attached hydrogens (tertiary/aromatic N) is 1. The fourth-order valence-corrected chi connectivity index (χ4v) is 3.67. The molecule has 156 valence electrons. The third kappa shape index (κ3) is 5.25. The molecule has 0 bridgehead atoms. The minimum atomic E-state index is -0.412. The van der Waals surface area contributed by atoms with Crippen LogP contribution in [0.5, 0.6) is 0 Å². The SMILES string of the molecule is CCOC(=O)c1c(C)[nH]c(C(=O)NCC2CN(Cc3ccccc3)CCO2)c1C. The van der Waals surface area contributed by atoms with Crippen LogP contribution in [-0.4, -0.2) is 60.7 Å². The molecule has 7 heteroatoms. The molecule has 2 heterocycles. The second kappa shape index (κ2) is 9.71.